The minimum Gasteiger partial charge on any atom is -0.331 e. The maximum atomic E-state index is 12.3. The number of H-pyrrole nitrogens is 1. The third-order valence-corrected chi connectivity index (χ3v) is 5.37. The summed E-state index contributed by atoms with van der Waals surface area (Å²) in [6.07, 6.45) is 0. The van der Waals surface area contributed by atoms with Gasteiger partial charge in [0.1, 0.15) is 4.70 Å². The number of rotatable bonds is 2. The monoisotopic (exact) mass is 358 g/mol. The lowest BCUT2D eigenvalue weighted by Gasteiger charge is -2.04. The molecule has 0 aliphatic carbocycles. The van der Waals surface area contributed by atoms with Gasteiger partial charge >= 0.3 is 0 Å². The first-order valence-corrected chi connectivity index (χ1v) is 7.99. The third kappa shape index (κ3) is 2.11. The molecule has 0 radical (unpaired) electrons. The van der Waals surface area contributed by atoms with Crippen molar-refractivity contribution in [2.45, 2.75) is 6.54 Å². The van der Waals surface area contributed by atoms with Gasteiger partial charge in [0, 0.05) is 4.88 Å². The van der Waals surface area contributed by atoms with Gasteiger partial charge in [-0.3, -0.25) is 9.36 Å². The van der Waals surface area contributed by atoms with Gasteiger partial charge in [0.25, 0.3) is 5.56 Å². The van der Waals surface area contributed by atoms with E-state index >= 15 is 0 Å². The number of aromatic amines is 1. The Bertz CT molecular complexity index is 827. The minimum absolute atomic E-state index is 0.0201. The second-order valence-electron chi connectivity index (χ2n) is 3.69. The van der Waals surface area contributed by atoms with E-state index in [0.29, 0.717) is 11.3 Å². The molecular weight excluding hydrogens is 352 g/mol. The molecule has 0 aromatic carbocycles. The molecule has 0 saturated carbocycles. The zero-order valence-corrected chi connectivity index (χ0v) is 13.0. The fourth-order valence-electron chi connectivity index (χ4n) is 1.71. The molecule has 0 fully saturated rings. The minimum atomic E-state index is -0.0201. The molecule has 1 N–H and O–H groups in total. The number of halogens is 1. The van der Waals surface area contributed by atoms with Crippen molar-refractivity contribution in [2.24, 2.45) is 0 Å². The van der Waals surface area contributed by atoms with Gasteiger partial charge in [-0.05, 0) is 51.7 Å². The fourth-order valence-corrected chi connectivity index (χ4v) is 4.23. The summed E-state index contributed by atoms with van der Waals surface area (Å²) in [5.41, 5.74) is 0.798. The maximum absolute atomic E-state index is 12.3. The Labute approximate surface area is 124 Å². The van der Waals surface area contributed by atoms with E-state index in [-0.39, 0.29) is 5.56 Å². The Morgan fingerprint density at radius 1 is 1.39 bits per heavy atom. The van der Waals surface area contributed by atoms with Gasteiger partial charge in [0.2, 0.25) is 0 Å². The first-order valence-electron chi connectivity index (χ1n) is 5.09. The van der Waals surface area contributed by atoms with E-state index < -0.39 is 0 Å². The van der Waals surface area contributed by atoms with Crippen molar-refractivity contribution in [1.82, 2.24) is 9.55 Å². The van der Waals surface area contributed by atoms with E-state index in [2.05, 4.69) is 20.9 Å². The van der Waals surface area contributed by atoms with Crippen LogP contribution in [0.3, 0.4) is 0 Å². The largest absolute Gasteiger partial charge is 0.331 e. The summed E-state index contributed by atoms with van der Waals surface area (Å²) in [5.74, 6) is 0. The van der Waals surface area contributed by atoms with Gasteiger partial charge in [-0.15, -0.1) is 22.7 Å². The zero-order chi connectivity index (χ0) is 12.7. The summed E-state index contributed by atoms with van der Waals surface area (Å²) in [6, 6.07) is 5.85. The molecule has 0 bridgehead atoms. The number of hydrogen-bond acceptors (Lipinski definition) is 4. The van der Waals surface area contributed by atoms with Crippen LogP contribution in [-0.4, -0.2) is 9.55 Å². The molecule has 0 aliphatic rings. The molecule has 3 nitrogen and oxygen atoms in total. The average Bonchev–Trinajstić information content (AvgIpc) is 2.93. The molecule has 0 spiro atoms. The molecule has 0 amide bonds. The number of nitrogens with one attached hydrogen (secondary N) is 1. The van der Waals surface area contributed by atoms with Crippen molar-refractivity contribution in [1.29, 1.82) is 0 Å². The topological polar surface area (TPSA) is 37.8 Å². The first kappa shape index (κ1) is 12.3. The van der Waals surface area contributed by atoms with Crippen molar-refractivity contribution >= 4 is 61.0 Å². The molecular formula is C11H7BrN2OS3. The van der Waals surface area contributed by atoms with E-state index in [1.54, 1.807) is 15.9 Å². The molecule has 18 heavy (non-hydrogen) atoms. The Morgan fingerprint density at radius 3 is 2.94 bits per heavy atom. The smallest absolute Gasteiger partial charge is 0.272 e. The normalized spacial score (nSPS) is 11.2. The summed E-state index contributed by atoms with van der Waals surface area (Å²) < 4.78 is 3.85. The van der Waals surface area contributed by atoms with E-state index in [0.717, 1.165) is 18.9 Å². The lowest BCUT2D eigenvalue weighted by Crippen LogP contribution is -2.21. The number of nitrogens with zero attached hydrogens (tertiary/aromatic N) is 1. The second kappa shape index (κ2) is 4.73. The molecule has 0 unspecified atom stereocenters. The fraction of sp³-hybridized carbons (Fsp3) is 0.0909. The number of aromatic nitrogens is 2. The summed E-state index contributed by atoms with van der Waals surface area (Å²) in [6.45, 7) is 0.512. The lowest BCUT2D eigenvalue weighted by molar-refractivity contribution is 0.745. The van der Waals surface area contributed by atoms with Gasteiger partial charge in [0.05, 0.1) is 15.8 Å². The Morgan fingerprint density at radius 2 is 2.22 bits per heavy atom. The van der Waals surface area contributed by atoms with Crippen molar-refractivity contribution in [2.75, 3.05) is 0 Å². The Kier molecular flexibility index (Phi) is 3.23. The summed E-state index contributed by atoms with van der Waals surface area (Å²) in [7, 11) is 0. The van der Waals surface area contributed by atoms with Crippen LogP contribution in [0.25, 0.3) is 10.2 Å². The second-order valence-corrected chi connectivity index (χ2v) is 7.54. The highest BCUT2D eigenvalue weighted by atomic mass is 79.9. The van der Waals surface area contributed by atoms with Crippen molar-refractivity contribution in [3.8, 4) is 0 Å². The molecule has 3 aromatic heterocycles. The molecule has 3 aromatic rings. The predicted octanol–water partition coefficient (Wildman–Crippen LogP) is 3.99. The average molecular weight is 359 g/mol. The highest BCUT2D eigenvalue weighted by Gasteiger charge is 2.08. The standard InChI is InChI=1S/C11H7BrN2OS3/c12-8-2-1-6(18-8)5-14-10(15)9-7(3-4-17-9)13-11(14)16/h1-4H,5H2,(H,13,16). The van der Waals surface area contributed by atoms with Crippen LogP contribution < -0.4 is 5.56 Å². The van der Waals surface area contributed by atoms with E-state index in [1.165, 1.54) is 11.3 Å². The van der Waals surface area contributed by atoms with E-state index in [9.17, 15) is 4.79 Å². The number of fused-ring (bicyclic) bond motifs is 1. The molecule has 3 rings (SSSR count). The molecule has 7 heteroatoms. The molecule has 0 atom stereocenters. The van der Waals surface area contributed by atoms with E-state index in [4.69, 9.17) is 12.2 Å². The van der Waals surface area contributed by atoms with Crippen LogP contribution in [0.15, 0.2) is 32.2 Å². The van der Waals surface area contributed by atoms with Crippen LogP contribution in [0.1, 0.15) is 4.88 Å². The third-order valence-electron chi connectivity index (χ3n) is 2.53. The Hall–Kier alpha value is -0.760. The van der Waals surface area contributed by atoms with Crippen LogP contribution in [0, 0.1) is 4.77 Å². The highest BCUT2D eigenvalue weighted by Crippen LogP contribution is 2.23. The van der Waals surface area contributed by atoms with Crippen LogP contribution in [0.2, 0.25) is 0 Å². The molecule has 92 valence electrons. The lowest BCUT2D eigenvalue weighted by atomic mass is 10.4. The van der Waals surface area contributed by atoms with Crippen molar-refractivity contribution < 1.29 is 0 Å². The predicted molar refractivity (Wildman–Crippen MR) is 82.4 cm³/mol. The highest BCUT2D eigenvalue weighted by molar-refractivity contribution is 9.11. The van der Waals surface area contributed by atoms with Gasteiger partial charge in [-0.2, -0.15) is 0 Å². The summed E-state index contributed by atoms with van der Waals surface area (Å²) in [5, 5.41) is 1.89. The maximum Gasteiger partial charge on any atom is 0.272 e. The Balaban J connectivity index is 2.17. The van der Waals surface area contributed by atoms with Gasteiger partial charge in [-0.1, -0.05) is 0 Å². The number of hydrogen-bond donors (Lipinski definition) is 1. The summed E-state index contributed by atoms with van der Waals surface area (Å²) >= 11 is 11.7. The van der Waals surface area contributed by atoms with Gasteiger partial charge in [0.15, 0.2) is 4.77 Å². The molecule has 0 aliphatic heterocycles. The molecule has 0 saturated heterocycles. The van der Waals surface area contributed by atoms with Crippen LogP contribution in [0.5, 0.6) is 0 Å². The van der Waals surface area contributed by atoms with Crippen LogP contribution in [0.4, 0.5) is 0 Å². The van der Waals surface area contributed by atoms with Crippen LogP contribution >= 0.6 is 50.8 Å². The van der Waals surface area contributed by atoms with Crippen molar-refractivity contribution in [3.63, 3.8) is 0 Å². The first-order chi connectivity index (χ1) is 8.65. The van der Waals surface area contributed by atoms with Crippen LogP contribution in [-0.2, 0) is 6.54 Å². The zero-order valence-electron chi connectivity index (χ0n) is 8.97. The van der Waals surface area contributed by atoms with Gasteiger partial charge in [-0.25, -0.2) is 0 Å². The number of thiophene rings is 2. The SMILES string of the molecule is O=c1c2sccc2[nH]c(=S)n1Cc1ccc(Br)s1. The van der Waals surface area contributed by atoms with E-state index in [1.807, 2.05) is 23.6 Å². The summed E-state index contributed by atoms with van der Waals surface area (Å²) in [4.78, 5) is 16.5. The quantitative estimate of drug-likeness (QED) is 0.703. The van der Waals surface area contributed by atoms with Crippen molar-refractivity contribution in [3.05, 3.63) is 47.4 Å². The molecule has 3 heterocycles. The van der Waals surface area contributed by atoms with Gasteiger partial charge < -0.3 is 4.98 Å².